The zero-order valence-corrected chi connectivity index (χ0v) is 13.1. The first kappa shape index (κ1) is 14.1. The largest absolute Gasteiger partial charge is 0.459 e. The van der Waals surface area contributed by atoms with Crippen LogP contribution in [0.25, 0.3) is 0 Å². The summed E-state index contributed by atoms with van der Waals surface area (Å²) in [5.74, 6) is -0.193. The quantitative estimate of drug-likeness (QED) is 0.611. The Balaban J connectivity index is 2.36. The van der Waals surface area contributed by atoms with E-state index in [1.165, 1.54) is 12.1 Å². The van der Waals surface area contributed by atoms with Crippen LogP contribution in [0.1, 0.15) is 27.7 Å². The van der Waals surface area contributed by atoms with E-state index in [0.717, 1.165) is 6.04 Å². The lowest BCUT2D eigenvalue weighted by Gasteiger charge is -2.39. The molecule has 0 fully saturated rings. The highest BCUT2D eigenvalue weighted by Crippen LogP contribution is 2.43. The van der Waals surface area contributed by atoms with Crippen LogP contribution in [0.4, 0.5) is 0 Å². The number of hydrogen-bond donors (Lipinski definition) is 0. The number of esters is 1. The Kier molecular flexibility index (Phi) is 3.68. The van der Waals surface area contributed by atoms with Gasteiger partial charge in [0.1, 0.15) is 14.2 Å². The van der Waals surface area contributed by atoms with Crippen molar-refractivity contribution in [3.63, 3.8) is 0 Å². The molecule has 1 aliphatic heterocycles. The molecule has 19 heavy (non-hydrogen) atoms. The van der Waals surface area contributed by atoms with E-state index < -0.39 is 8.07 Å². The second kappa shape index (κ2) is 4.97. The lowest BCUT2D eigenvalue weighted by Crippen LogP contribution is -2.53. The van der Waals surface area contributed by atoms with Crippen LogP contribution in [-0.4, -0.2) is 20.1 Å². The van der Waals surface area contributed by atoms with Crippen molar-refractivity contribution < 1.29 is 9.53 Å². The Hall–Kier alpha value is -1.35. The number of carbonyl (C=O) groups excluding carboxylic acids is 1. The molecule has 0 N–H and O–H groups in total. The molecule has 1 aromatic rings. The summed E-state index contributed by atoms with van der Waals surface area (Å²) in [5, 5.41) is 1.63. The van der Waals surface area contributed by atoms with Crippen LogP contribution < -0.4 is 5.19 Å². The van der Waals surface area contributed by atoms with Crippen molar-refractivity contribution >= 4 is 19.2 Å². The van der Waals surface area contributed by atoms with Gasteiger partial charge >= 0.3 is 5.97 Å². The van der Waals surface area contributed by atoms with Gasteiger partial charge in [-0.05, 0) is 11.1 Å². The highest BCUT2D eigenvalue weighted by atomic mass is 28.3. The molecule has 1 aliphatic rings. The molecule has 0 amide bonds. The Morgan fingerprint density at radius 1 is 1.26 bits per heavy atom. The van der Waals surface area contributed by atoms with Crippen molar-refractivity contribution in [1.82, 2.24) is 0 Å². The van der Waals surface area contributed by atoms with E-state index >= 15 is 0 Å². The van der Waals surface area contributed by atoms with Crippen LogP contribution in [-0.2, 0) is 9.53 Å². The molecule has 0 bridgehead atoms. The summed E-state index contributed by atoms with van der Waals surface area (Å²) in [4.78, 5) is 11.2. The molecule has 2 nitrogen and oxygen atoms in total. The molecular formula is C16H22O2Si. The number of ether oxygens (including phenoxy) is 1. The van der Waals surface area contributed by atoms with E-state index in [1.807, 2.05) is 0 Å². The van der Waals surface area contributed by atoms with Crippen LogP contribution in [0, 0.1) is 0 Å². The molecular weight excluding hydrogens is 252 g/mol. The molecule has 0 saturated heterocycles. The minimum absolute atomic E-state index is 0.0522. The molecule has 0 aliphatic carbocycles. The minimum atomic E-state index is -1.80. The summed E-state index contributed by atoms with van der Waals surface area (Å²) < 4.78 is 5.39. The van der Waals surface area contributed by atoms with Gasteiger partial charge in [-0.1, -0.05) is 68.1 Å². The molecule has 1 heterocycles. The molecule has 0 spiro atoms. The predicted molar refractivity (Wildman–Crippen MR) is 81.0 cm³/mol. The molecule has 0 radical (unpaired) electrons. The van der Waals surface area contributed by atoms with Crippen molar-refractivity contribution in [1.29, 1.82) is 0 Å². The number of carbonyl (C=O) groups is 1. The number of benzene rings is 1. The van der Waals surface area contributed by atoms with E-state index in [2.05, 4.69) is 62.9 Å². The van der Waals surface area contributed by atoms with Gasteiger partial charge in [0.2, 0.25) is 0 Å². The highest BCUT2D eigenvalue weighted by Gasteiger charge is 2.48. The molecule has 2 rings (SSSR count). The van der Waals surface area contributed by atoms with E-state index in [0.29, 0.717) is 0 Å². The zero-order chi connectivity index (χ0) is 14.1. The normalized spacial score (nSPS) is 26.4. The molecule has 0 unspecified atom stereocenters. The minimum Gasteiger partial charge on any atom is -0.459 e. The first-order chi connectivity index (χ1) is 8.85. The average molecular weight is 274 g/mol. The Morgan fingerprint density at radius 2 is 1.89 bits per heavy atom. The van der Waals surface area contributed by atoms with E-state index in [1.54, 1.807) is 0 Å². The smallest absolute Gasteiger partial charge is 0.303 e. The van der Waals surface area contributed by atoms with Crippen molar-refractivity contribution in [3.05, 3.63) is 42.1 Å². The van der Waals surface area contributed by atoms with Crippen LogP contribution >= 0.6 is 0 Å². The third-order valence-electron chi connectivity index (χ3n) is 4.06. The summed E-state index contributed by atoms with van der Waals surface area (Å²) in [7, 11) is -1.80. The molecule has 1 aromatic carbocycles. The van der Waals surface area contributed by atoms with Crippen LogP contribution in [0.5, 0.6) is 0 Å². The fourth-order valence-electron chi connectivity index (χ4n) is 2.96. The fraction of sp³-hybridized carbons (Fsp3) is 0.438. The van der Waals surface area contributed by atoms with Gasteiger partial charge in [-0.3, -0.25) is 4.79 Å². The number of hydrogen-bond acceptors (Lipinski definition) is 2. The van der Waals surface area contributed by atoms with Gasteiger partial charge < -0.3 is 4.74 Å². The second-order valence-electron chi connectivity index (χ2n) is 6.30. The summed E-state index contributed by atoms with van der Waals surface area (Å²) in [6.07, 6.45) is 2.04. The Morgan fingerprint density at radius 3 is 2.42 bits per heavy atom. The average Bonchev–Trinajstić information content (AvgIpc) is 2.74. The molecule has 0 aromatic heterocycles. The standard InChI is InChI=1S/C16H22O2Si/c1-13(17)18-14-10-11-19(12-14,16(2,3)4)15-8-6-5-7-9-15/h5-11,14H,12H2,1-4H3/t14-,19-/m0/s1. The zero-order valence-electron chi connectivity index (χ0n) is 12.1. The summed E-state index contributed by atoms with van der Waals surface area (Å²) in [6, 6.07) is 11.7. The summed E-state index contributed by atoms with van der Waals surface area (Å²) in [5.41, 5.74) is 2.36. The first-order valence-electron chi connectivity index (χ1n) is 6.77. The highest BCUT2D eigenvalue weighted by molar-refractivity contribution is 6.98. The van der Waals surface area contributed by atoms with E-state index in [4.69, 9.17) is 4.74 Å². The lowest BCUT2D eigenvalue weighted by atomic mass is 10.2. The van der Waals surface area contributed by atoms with E-state index in [9.17, 15) is 4.79 Å². The van der Waals surface area contributed by atoms with Crippen LogP contribution in [0.3, 0.4) is 0 Å². The Bertz CT molecular complexity index is 487. The Labute approximate surface area is 116 Å². The van der Waals surface area contributed by atoms with Gasteiger partial charge in [0.05, 0.1) is 0 Å². The molecule has 102 valence electrons. The number of rotatable bonds is 2. The van der Waals surface area contributed by atoms with Crippen LogP contribution in [0.15, 0.2) is 42.1 Å². The van der Waals surface area contributed by atoms with Gasteiger partial charge in [0, 0.05) is 6.92 Å². The van der Waals surface area contributed by atoms with Gasteiger partial charge in [-0.2, -0.15) is 0 Å². The van der Waals surface area contributed by atoms with Crippen LogP contribution in [0.2, 0.25) is 11.1 Å². The summed E-state index contributed by atoms with van der Waals surface area (Å²) >= 11 is 0. The van der Waals surface area contributed by atoms with Crippen molar-refractivity contribution in [2.75, 3.05) is 0 Å². The third kappa shape index (κ3) is 2.66. The molecule has 2 atom stereocenters. The third-order valence-corrected chi connectivity index (χ3v) is 9.91. The topological polar surface area (TPSA) is 26.3 Å². The maximum Gasteiger partial charge on any atom is 0.303 e. The monoisotopic (exact) mass is 274 g/mol. The van der Waals surface area contributed by atoms with Gasteiger partial charge in [0.15, 0.2) is 0 Å². The maximum atomic E-state index is 11.2. The van der Waals surface area contributed by atoms with Crippen molar-refractivity contribution in [3.8, 4) is 0 Å². The first-order valence-corrected chi connectivity index (χ1v) is 9.06. The SMILES string of the molecule is CC(=O)O[C@H]1C=C[Si@](c2ccccc2)(C(C)(C)C)C1. The van der Waals surface area contributed by atoms with Crippen molar-refractivity contribution in [2.24, 2.45) is 0 Å². The van der Waals surface area contributed by atoms with Gasteiger partial charge in [-0.25, -0.2) is 0 Å². The predicted octanol–water partition coefficient (Wildman–Crippen LogP) is 3.18. The summed E-state index contributed by atoms with van der Waals surface area (Å²) in [6.45, 7) is 8.38. The lowest BCUT2D eigenvalue weighted by molar-refractivity contribution is -0.143. The molecule has 0 saturated carbocycles. The second-order valence-corrected chi connectivity index (χ2v) is 11.1. The maximum absolute atomic E-state index is 11.2. The van der Waals surface area contributed by atoms with Gasteiger partial charge in [-0.15, -0.1) is 0 Å². The molecule has 3 heteroatoms. The van der Waals surface area contributed by atoms with E-state index in [-0.39, 0.29) is 17.1 Å². The van der Waals surface area contributed by atoms with Crippen molar-refractivity contribution in [2.45, 2.75) is 44.9 Å². The fourth-order valence-corrected chi connectivity index (χ4v) is 7.69. The van der Waals surface area contributed by atoms with Gasteiger partial charge in [0.25, 0.3) is 0 Å².